The molecule has 0 N–H and O–H groups in total. The number of allylic oxidation sites excluding steroid dienone is 2. The van der Waals surface area contributed by atoms with Gasteiger partial charge in [0.05, 0.1) is 4.90 Å². The number of fused-ring (bicyclic) bond motifs is 2. The molecule has 2 atom stereocenters. The van der Waals surface area contributed by atoms with Crippen LogP contribution in [-0.2, 0) is 0 Å². The second-order valence-electron chi connectivity index (χ2n) is 10.7. The second kappa shape index (κ2) is 12.1. The van der Waals surface area contributed by atoms with E-state index in [-0.39, 0.29) is 11.8 Å². The van der Waals surface area contributed by atoms with Crippen molar-refractivity contribution in [1.29, 1.82) is 0 Å². The Morgan fingerprint density at radius 2 is 1.12 bits per heavy atom. The van der Waals surface area contributed by atoms with Crippen molar-refractivity contribution in [2.45, 2.75) is 30.5 Å². The van der Waals surface area contributed by atoms with Gasteiger partial charge in [0.15, 0.2) is 0 Å². The highest BCUT2D eigenvalue weighted by Crippen LogP contribution is 2.54. The minimum absolute atomic E-state index is 0.0393. The fourth-order valence-electron chi connectivity index (χ4n) is 5.89. The Labute approximate surface area is 255 Å². The van der Waals surface area contributed by atoms with Gasteiger partial charge in [0.2, 0.25) is 0 Å². The van der Waals surface area contributed by atoms with Gasteiger partial charge >= 0.3 is 0 Å². The lowest BCUT2D eigenvalue weighted by Crippen LogP contribution is -2.40. The molecule has 1 aliphatic carbocycles. The van der Waals surface area contributed by atoms with Gasteiger partial charge in [-0.2, -0.15) is 0 Å². The smallest absolute Gasteiger partial charge is 0.142 e. The van der Waals surface area contributed by atoms with Crippen LogP contribution in [0.2, 0.25) is 0 Å². The Balaban J connectivity index is 1.38. The maximum atomic E-state index is 7.33. The van der Waals surface area contributed by atoms with E-state index in [0.29, 0.717) is 0 Å². The zero-order chi connectivity index (χ0) is 28.5. The Morgan fingerprint density at radius 1 is 0.619 bits per heavy atom. The van der Waals surface area contributed by atoms with E-state index >= 15 is 0 Å². The molecule has 0 bridgehead atoms. The molecular formula is C38H32OP2S. The molecule has 1 nitrogen and oxygen atoms in total. The van der Waals surface area contributed by atoms with Gasteiger partial charge in [0, 0.05) is 15.9 Å². The average molecular weight is 599 g/mol. The summed E-state index contributed by atoms with van der Waals surface area (Å²) in [5, 5.41) is 6.75. The van der Waals surface area contributed by atoms with Gasteiger partial charge in [-0.3, -0.25) is 0 Å². The van der Waals surface area contributed by atoms with E-state index < -0.39 is 15.8 Å². The monoisotopic (exact) mass is 598 g/mol. The molecule has 0 fully saturated rings. The number of thioether (sulfide) groups is 1. The Bertz CT molecular complexity index is 1670. The van der Waals surface area contributed by atoms with Crippen molar-refractivity contribution in [1.82, 2.24) is 0 Å². The average Bonchev–Trinajstić information content (AvgIpc) is 3.02. The van der Waals surface area contributed by atoms with Gasteiger partial charge in [-0.1, -0.05) is 145 Å². The van der Waals surface area contributed by atoms with E-state index in [1.807, 2.05) is 11.8 Å². The third kappa shape index (κ3) is 5.41. The SMILES string of the molecule is CC1=CC(P(c2ccccc2)c2ccccc2)C2Oc3c(cc(C)cc3P(c3ccccc3)c3ccccc3)SC2=C1. The topological polar surface area (TPSA) is 9.23 Å². The number of rotatable bonds is 6. The minimum atomic E-state index is -0.795. The first-order valence-corrected chi connectivity index (χ1v) is 17.9. The maximum Gasteiger partial charge on any atom is 0.142 e. The molecule has 0 aromatic heterocycles. The lowest BCUT2D eigenvalue weighted by molar-refractivity contribution is 0.243. The van der Waals surface area contributed by atoms with Crippen LogP contribution in [0.3, 0.4) is 0 Å². The van der Waals surface area contributed by atoms with Crippen molar-refractivity contribution in [3.63, 3.8) is 0 Å². The molecule has 7 rings (SSSR count). The normalized spacial score (nSPS) is 17.6. The summed E-state index contributed by atoms with van der Waals surface area (Å²) < 4.78 is 7.33. The summed E-state index contributed by atoms with van der Waals surface area (Å²) in [6, 6.07) is 48.7. The van der Waals surface area contributed by atoms with Crippen molar-refractivity contribution in [3.8, 4) is 5.75 Å². The fourth-order valence-corrected chi connectivity index (χ4v) is 12.7. The van der Waals surface area contributed by atoms with E-state index in [0.717, 1.165) is 5.75 Å². The standard InChI is InChI=1S/C38H32OP2S/c1-27-23-33(40(29-15-7-3-8-16-29)30-17-9-4-10-18-30)37-35(25-27)42-36-26-28(2)24-34(38(36)39-37)41(31-19-11-5-12-20-31)32-21-13-6-14-22-32/h3-26,33,37H,1-2H3. The number of benzene rings is 5. The van der Waals surface area contributed by atoms with Crippen LogP contribution in [0.1, 0.15) is 12.5 Å². The first-order valence-electron chi connectivity index (χ1n) is 14.3. The molecule has 5 aromatic carbocycles. The lowest BCUT2D eigenvalue weighted by atomic mass is 10.0. The van der Waals surface area contributed by atoms with Crippen molar-refractivity contribution in [2.24, 2.45) is 0 Å². The van der Waals surface area contributed by atoms with Gasteiger partial charge in [0.1, 0.15) is 11.9 Å². The summed E-state index contributed by atoms with van der Waals surface area (Å²) >= 11 is 1.91. The number of hydrogen-bond donors (Lipinski definition) is 0. The van der Waals surface area contributed by atoms with Gasteiger partial charge in [0.25, 0.3) is 0 Å². The lowest BCUT2D eigenvalue weighted by Gasteiger charge is -2.40. The van der Waals surface area contributed by atoms with E-state index in [4.69, 9.17) is 4.74 Å². The summed E-state index contributed by atoms with van der Waals surface area (Å²) in [7, 11) is -1.49. The zero-order valence-corrected chi connectivity index (χ0v) is 26.3. The first kappa shape index (κ1) is 27.4. The maximum absolute atomic E-state index is 7.33. The summed E-state index contributed by atoms with van der Waals surface area (Å²) in [6.07, 6.45) is 4.77. The molecular weight excluding hydrogens is 566 g/mol. The molecule has 42 heavy (non-hydrogen) atoms. The second-order valence-corrected chi connectivity index (χ2v) is 16.4. The predicted molar refractivity (Wildman–Crippen MR) is 185 cm³/mol. The molecule has 5 aromatic rings. The van der Waals surface area contributed by atoms with Gasteiger partial charge in [-0.25, -0.2) is 0 Å². The molecule has 4 heteroatoms. The molecule has 0 spiro atoms. The zero-order valence-electron chi connectivity index (χ0n) is 23.7. The Kier molecular flexibility index (Phi) is 7.88. The molecule has 0 radical (unpaired) electrons. The third-order valence-electron chi connectivity index (χ3n) is 7.68. The first-order chi connectivity index (χ1) is 20.7. The van der Waals surface area contributed by atoms with Crippen LogP contribution in [0.4, 0.5) is 0 Å². The minimum Gasteiger partial charge on any atom is -0.482 e. The Morgan fingerprint density at radius 3 is 1.64 bits per heavy atom. The largest absolute Gasteiger partial charge is 0.482 e. The van der Waals surface area contributed by atoms with Gasteiger partial charge < -0.3 is 4.74 Å². The highest BCUT2D eigenvalue weighted by Gasteiger charge is 2.40. The predicted octanol–water partition coefficient (Wildman–Crippen LogP) is 7.95. The quantitative estimate of drug-likeness (QED) is 0.184. The highest BCUT2D eigenvalue weighted by molar-refractivity contribution is 8.03. The number of ether oxygens (including phenoxy) is 1. The molecule has 0 saturated heterocycles. The third-order valence-corrected chi connectivity index (χ3v) is 14.0. The molecule has 0 saturated carbocycles. The van der Waals surface area contributed by atoms with Crippen molar-refractivity contribution in [2.75, 3.05) is 0 Å². The summed E-state index contributed by atoms with van der Waals surface area (Å²) in [5.74, 6) is 1.06. The van der Waals surface area contributed by atoms with Gasteiger partial charge in [-0.15, -0.1) is 0 Å². The van der Waals surface area contributed by atoms with Crippen LogP contribution in [0, 0.1) is 6.92 Å². The van der Waals surface area contributed by atoms with E-state index in [2.05, 4.69) is 159 Å². The van der Waals surface area contributed by atoms with Crippen LogP contribution < -0.4 is 31.3 Å². The molecule has 0 amide bonds. The summed E-state index contributed by atoms with van der Waals surface area (Å²) in [5.41, 5.74) is 2.81. The number of aryl methyl sites for hydroxylation is 1. The van der Waals surface area contributed by atoms with Crippen LogP contribution in [0.25, 0.3) is 0 Å². The van der Waals surface area contributed by atoms with Crippen molar-refractivity contribution < 1.29 is 4.74 Å². The summed E-state index contributed by atoms with van der Waals surface area (Å²) in [6.45, 7) is 4.45. The van der Waals surface area contributed by atoms with Crippen LogP contribution >= 0.6 is 27.6 Å². The summed E-state index contributed by atoms with van der Waals surface area (Å²) in [4.78, 5) is 2.54. The van der Waals surface area contributed by atoms with E-state index in [1.165, 1.54) is 47.5 Å². The molecule has 1 heterocycles. The van der Waals surface area contributed by atoms with Gasteiger partial charge in [-0.05, 0) is 74.7 Å². The Hall–Kier alpha value is -3.41. The molecule has 2 unspecified atom stereocenters. The van der Waals surface area contributed by atoms with Crippen molar-refractivity contribution in [3.05, 3.63) is 162 Å². The van der Waals surface area contributed by atoms with Crippen molar-refractivity contribution >= 4 is 54.1 Å². The molecule has 1 aliphatic heterocycles. The number of hydrogen-bond acceptors (Lipinski definition) is 2. The fraction of sp³-hybridized carbons (Fsp3) is 0.105. The highest BCUT2D eigenvalue weighted by atomic mass is 32.2. The van der Waals surface area contributed by atoms with Crippen LogP contribution in [0.15, 0.2) is 161 Å². The van der Waals surface area contributed by atoms with Crippen LogP contribution in [-0.4, -0.2) is 11.8 Å². The van der Waals surface area contributed by atoms with E-state index in [9.17, 15) is 0 Å². The molecule has 2 aliphatic rings. The molecule has 206 valence electrons. The van der Waals surface area contributed by atoms with E-state index in [1.54, 1.807) is 0 Å². The van der Waals surface area contributed by atoms with Crippen LogP contribution in [0.5, 0.6) is 5.75 Å².